The molecule has 17 heavy (non-hydrogen) atoms. The number of hydrogen-bond acceptors (Lipinski definition) is 2. The van der Waals surface area contributed by atoms with Gasteiger partial charge in [0.1, 0.15) is 0 Å². The summed E-state index contributed by atoms with van der Waals surface area (Å²) in [5, 5.41) is 0. The first-order valence-corrected chi connectivity index (χ1v) is 8.28. The van der Waals surface area contributed by atoms with Crippen LogP contribution < -0.4 is 4.72 Å². The molecule has 0 spiro atoms. The highest BCUT2D eigenvalue weighted by molar-refractivity contribution is 7.98. The lowest BCUT2D eigenvalue weighted by Crippen LogP contribution is -2.34. The first-order chi connectivity index (χ1) is 8.03. The van der Waals surface area contributed by atoms with E-state index in [1.54, 1.807) is 0 Å². The van der Waals surface area contributed by atoms with Crippen molar-refractivity contribution in [2.24, 2.45) is 5.92 Å². The lowest BCUT2D eigenvalue weighted by molar-refractivity contribution is 0.340. The second-order valence-electron chi connectivity index (χ2n) is 6.48. The first kappa shape index (κ1) is 15.4. The normalized spacial score (nSPS) is 21.2. The van der Waals surface area contributed by atoms with Crippen LogP contribution in [0.3, 0.4) is 0 Å². The van der Waals surface area contributed by atoms with E-state index >= 15 is 0 Å². The van der Waals surface area contributed by atoms with Crippen molar-refractivity contribution in [1.29, 1.82) is 0 Å². The molecular weight excluding hydrogens is 226 g/mol. The molecule has 0 aliphatic heterocycles. The molecule has 1 nitrogen and oxygen atoms in total. The number of hydrogen-bond donors (Lipinski definition) is 1. The minimum absolute atomic E-state index is 0.330. The second kappa shape index (κ2) is 7.68. The molecule has 0 aromatic rings. The Hall–Kier alpha value is 0.310. The summed E-state index contributed by atoms with van der Waals surface area (Å²) in [5.41, 5.74) is 0. The van der Waals surface area contributed by atoms with Gasteiger partial charge in [-0.25, -0.2) is 0 Å². The molecule has 1 unspecified atom stereocenters. The van der Waals surface area contributed by atoms with Crippen molar-refractivity contribution in [3.05, 3.63) is 0 Å². The van der Waals surface area contributed by atoms with E-state index in [4.69, 9.17) is 0 Å². The molecule has 1 saturated carbocycles. The van der Waals surface area contributed by atoms with Crippen LogP contribution in [-0.2, 0) is 0 Å². The highest BCUT2D eigenvalue weighted by atomic mass is 32.2. The molecule has 2 heteroatoms. The van der Waals surface area contributed by atoms with E-state index in [0.29, 0.717) is 4.75 Å². The predicted octanol–water partition coefficient (Wildman–Crippen LogP) is 5.16. The van der Waals surface area contributed by atoms with Crippen LogP contribution in [0.4, 0.5) is 0 Å². The van der Waals surface area contributed by atoms with Crippen LogP contribution in [0.25, 0.3) is 0 Å². The molecule has 0 bridgehead atoms. The zero-order valence-electron chi connectivity index (χ0n) is 12.2. The third kappa shape index (κ3) is 6.71. The molecule has 0 heterocycles. The highest BCUT2D eigenvalue weighted by Crippen LogP contribution is 2.30. The Morgan fingerprint density at radius 1 is 1.12 bits per heavy atom. The van der Waals surface area contributed by atoms with E-state index < -0.39 is 0 Å². The van der Waals surface area contributed by atoms with Crippen LogP contribution in [0, 0.1) is 5.92 Å². The quantitative estimate of drug-likeness (QED) is 0.539. The number of rotatable bonds is 5. The zero-order valence-corrected chi connectivity index (χ0v) is 13.0. The minimum atomic E-state index is 0.330. The Morgan fingerprint density at radius 3 is 2.18 bits per heavy atom. The van der Waals surface area contributed by atoms with E-state index in [2.05, 4.69) is 32.4 Å². The van der Waals surface area contributed by atoms with Crippen LogP contribution in [0.2, 0.25) is 0 Å². The largest absolute Gasteiger partial charge is 0.260 e. The fourth-order valence-corrected chi connectivity index (χ4v) is 3.48. The molecule has 1 atom stereocenters. The Bertz CT molecular complexity index is 190. The molecule has 0 aromatic carbocycles. The summed E-state index contributed by atoms with van der Waals surface area (Å²) in [6.07, 6.45) is 11.4. The van der Waals surface area contributed by atoms with E-state index in [1.807, 2.05) is 11.9 Å². The van der Waals surface area contributed by atoms with E-state index in [1.165, 1.54) is 51.4 Å². The van der Waals surface area contributed by atoms with E-state index in [0.717, 1.165) is 12.0 Å². The van der Waals surface area contributed by atoms with Crippen molar-refractivity contribution in [2.45, 2.75) is 89.9 Å². The average molecular weight is 257 g/mol. The Kier molecular flexibility index (Phi) is 6.94. The Balaban J connectivity index is 2.44. The Morgan fingerprint density at radius 2 is 1.71 bits per heavy atom. The summed E-state index contributed by atoms with van der Waals surface area (Å²) < 4.78 is 4.10. The molecule has 1 N–H and O–H groups in total. The SMILES string of the molecule is CCCC(NSC(C)(C)C)C1CCCCCC1. The van der Waals surface area contributed by atoms with E-state index in [9.17, 15) is 0 Å². The third-order valence-electron chi connectivity index (χ3n) is 3.59. The first-order valence-electron chi connectivity index (χ1n) is 7.46. The van der Waals surface area contributed by atoms with Gasteiger partial charge >= 0.3 is 0 Å². The fourth-order valence-electron chi connectivity index (χ4n) is 2.67. The van der Waals surface area contributed by atoms with Gasteiger partial charge in [-0.2, -0.15) is 0 Å². The van der Waals surface area contributed by atoms with Crippen molar-refractivity contribution in [3.63, 3.8) is 0 Å². The van der Waals surface area contributed by atoms with Gasteiger partial charge in [0.15, 0.2) is 0 Å². The van der Waals surface area contributed by atoms with Crippen LogP contribution in [0.5, 0.6) is 0 Å². The van der Waals surface area contributed by atoms with Crippen LogP contribution in [0.15, 0.2) is 0 Å². The molecule has 1 aliphatic rings. The predicted molar refractivity (Wildman–Crippen MR) is 80.4 cm³/mol. The lowest BCUT2D eigenvalue weighted by atomic mass is 9.90. The standard InChI is InChI=1S/C15H31NS/c1-5-10-14(16-17-15(2,3)4)13-11-8-6-7-9-12-13/h13-14,16H,5-12H2,1-4H3. The van der Waals surface area contributed by atoms with Gasteiger partial charge in [-0.05, 0) is 46.0 Å². The summed E-state index contributed by atoms with van der Waals surface area (Å²) in [6, 6.07) is 0.738. The van der Waals surface area contributed by atoms with Gasteiger partial charge in [0.2, 0.25) is 0 Å². The summed E-state index contributed by atoms with van der Waals surface area (Å²) in [4.78, 5) is 0. The van der Waals surface area contributed by atoms with Gasteiger partial charge in [-0.1, -0.05) is 51.0 Å². The van der Waals surface area contributed by atoms with Crippen molar-refractivity contribution in [3.8, 4) is 0 Å². The molecular formula is C15H31NS. The van der Waals surface area contributed by atoms with Gasteiger partial charge in [0.05, 0.1) is 0 Å². The van der Waals surface area contributed by atoms with Crippen LogP contribution in [0.1, 0.15) is 79.1 Å². The van der Waals surface area contributed by atoms with Crippen molar-refractivity contribution in [1.82, 2.24) is 4.72 Å². The van der Waals surface area contributed by atoms with E-state index in [-0.39, 0.29) is 0 Å². The maximum Gasteiger partial charge on any atom is 0.0220 e. The maximum atomic E-state index is 3.77. The van der Waals surface area contributed by atoms with Crippen molar-refractivity contribution < 1.29 is 0 Å². The topological polar surface area (TPSA) is 12.0 Å². The average Bonchev–Trinajstić information content (AvgIpc) is 2.51. The summed E-state index contributed by atoms with van der Waals surface area (Å²) >= 11 is 1.93. The Labute approximate surface area is 113 Å². The second-order valence-corrected chi connectivity index (χ2v) is 8.14. The van der Waals surface area contributed by atoms with Crippen LogP contribution >= 0.6 is 11.9 Å². The van der Waals surface area contributed by atoms with Gasteiger partial charge in [-0.3, -0.25) is 4.72 Å². The molecule has 1 rings (SSSR count). The van der Waals surface area contributed by atoms with Gasteiger partial charge in [0, 0.05) is 10.8 Å². The summed E-state index contributed by atoms with van der Waals surface area (Å²) in [6.45, 7) is 9.19. The molecule has 0 saturated heterocycles. The molecule has 0 radical (unpaired) electrons. The lowest BCUT2D eigenvalue weighted by Gasteiger charge is -2.29. The minimum Gasteiger partial charge on any atom is -0.260 e. The fraction of sp³-hybridized carbons (Fsp3) is 1.00. The molecule has 102 valence electrons. The van der Waals surface area contributed by atoms with Crippen molar-refractivity contribution in [2.75, 3.05) is 0 Å². The van der Waals surface area contributed by atoms with Gasteiger partial charge in [0.25, 0.3) is 0 Å². The van der Waals surface area contributed by atoms with Crippen LogP contribution in [-0.4, -0.2) is 10.8 Å². The molecule has 0 aromatic heterocycles. The van der Waals surface area contributed by atoms with Gasteiger partial charge < -0.3 is 0 Å². The summed E-state index contributed by atoms with van der Waals surface area (Å²) in [7, 11) is 0. The number of nitrogens with one attached hydrogen (secondary N) is 1. The molecule has 0 amide bonds. The highest BCUT2D eigenvalue weighted by Gasteiger charge is 2.23. The van der Waals surface area contributed by atoms with Crippen molar-refractivity contribution >= 4 is 11.9 Å². The monoisotopic (exact) mass is 257 g/mol. The van der Waals surface area contributed by atoms with Gasteiger partial charge in [-0.15, -0.1) is 0 Å². The smallest absolute Gasteiger partial charge is 0.0220 e. The maximum absolute atomic E-state index is 3.77. The molecule has 1 aliphatic carbocycles. The third-order valence-corrected chi connectivity index (χ3v) is 4.62. The summed E-state index contributed by atoms with van der Waals surface area (Å²) in [5.74, 6) is 0.923. The molecule has 1 fully saturated rings. The zero-order chi connectivity index (χ0) is 12.7.